The lowest BCUT2D eigenvalue weighted by atomic mass is 10.2. The molecule has 3 nitrogen and oxygen atoms in total. The number of thioether (sulfide) groups is 1. The molecule has 0 spiro atoms. The summed E-state index contributed by atoms with van der Waals surface area (Å²) in [6.45, 7) is 2.93. The maximum atomic E-state index is 9.31. The molecule has 0 saturated carbocycles. The largest absolute Gasteiger partial charge is 0.504 e. The smallest absolute Gasteiger partial charge is 0.158 e. The van der Waals surface area contributed by atoms with Crippen molar-refractivity contribution in [2.24, 2.45) is 4.99 Å². The Bertz CT molecular complexity index is 395. The summed E-state index contributed by atoms with van der Waals surface area (Å²) in [4.78, 5) is 4.34. The molecule has 0 radical (unpaired) electrons. The van der Waals surface area contributed by atoms with E-state index >= 15 is 0 Å². The van der Waals surface area contributed by atoms with Crippen LogP contribution in [-0.4, -0.2) is 27.1 Å². The Morgan fingerprint density at radius 3 is 2.60 bits per heavy atom. The van der Waals surface area contributed by atoms with Gasteiger partial charge in [-0.1, -0.05) is 6.92 Å². The first-order valence-corrected chi connectivity index (χ1v) is 5.28. The van der Waals surface area contributed by atoms with Crippen molar-refractivity contribution in [1.29, 1.82) is 0 Å². The Hall–Kier alpha value is -0.870. The zero-order valence-electron chi connectivity index (χ0n) is 8.17. The summed E-state index contributed by atoms with van der Waals surface area (Å²) in [5, 5.41) is 19.9. The van der Waals surface area contributed by atoms with E-state index in [1.807, 2.05) is 0 Å². The van der Waals surface area contributed by atoms with Gasteiger partial charge in [0.1, 0.15) is 0 Å². The van der Waals surface area contributed by atoms with Gasteiger partial charge >= 0.3 is 0 Å². The molecule has 0 fully saturated rings. The minimum atomic E-state index is -0.0923. The molecule has 2 N–H and O–H groups in total. The molecule has 1 aromatic rings. The number of rotatable bonds is 1. The second kappa shape index (κ2) is 4.77. The molecule has 1 aromatic carbocycles. The predicted octanol–water partition coefficient (Wildman–Crippen LogP) is 2.40. The number of benzene rings is 1. The monoisotopic (exact) mass is 245 g/mol. The lowest BCUT2D eigenvalue weighted by molar-refractivity contribution is 0.403. The minimum Gasteiger partial charge on any atom is -0.504 e. The molecule has 0 aromatic heterocycles. The third-order valence-corrected chi connectivity index (χ3v) is 3.17. The number of phenols is 2. The molecule has 2 rings (SSSR count). The highest BCUT2D eigenvalue weighted by atomic mass is 35.5. The van der Waals surface area contributed by atoms with E-state index in [4.69, 9.17) is 5.11 Å². The maximum absolute atomic E-state index is 9.31. The van der Waals surface area contributed by atoms with Gasteiger partial charge in [0, 0.05) is 10.8 Å². The van der Waals surface area contributed by atoms with E-state index in [1.165, 1.54) is 6.07 Å². The number of hydrogen-bond acceptors (Lipinski definition) is 4. The van der Waals surface area contributed by atoms with E-state index in [1.54, 1.807) is 23.9 Å². The van der Waals surface area contributed by atoms with Crippen LogP contribution >= 0.6 is 24.2 Å². The zero-order chi connectivity index (χ0) is 10.1. The highest BCUT2D eigenvalue weighted by Gasteiger charge is 2.17. The lowest BCUT2D eigenvalue weighted by Crippen LogP contribution is -1.95. The molecule has 1 atom stereocenters. The van der Waals surface area contributed by atoms with Gasteiger partial charge < -0.3 is 10.2 Å². The van der Waals surface area contributed by atoms with Crippen molar-refractivity contribution in [2.45, 2.75) is 12.2 Å². The van der Waals surface area contributed by atoms with Crippen LogP contribution in [0.15, 0.2) is 23.2 Å². The molecule has 15 heavy (non-hydrogen) atoms. The van der Waals surface area contributed by atoms with E-state index in [0.717, 1.165) is 17.2 Å². The highest BCUT2D eigenvalue weighted by Crippen LogP contribution is 2.30. The molecule has 5 heteroatoms. The van der Waals surface area contributed by atoms with Crippen molar-refractivity contribution in [1.82, 2.24) is 0 Å². The maximum Gasteiger partial charge on any atom is 0.158 e. The van der Waals surface area contributed by atoms with Crippen LogP contribution in [0.3, 0.4) is 0 Å². The summed E-state index contributed by atoms with van der Waals surface area (Å²) in [6.07, 6.45) is 0. The number of hydrogen-bond donors (Lipinski definition) is 2. The third kappa shape index (κ3) is 2.58. The third-order valence-electron chi connectivity index (χ3n) is 2.03. The molecule has 0 amide bonds. The molecule has 0 aliphatic carbocycles. The van der Waals surface area contributed by atoms with Crippen molar-refractivity contribution in [3.63, 3.8) is 0 Å². The summed E-state index contributed by atoms with van der Waals surface area (Å²) < 4.78 is 0. The van der Waals surface area contributed by atoms with Gasteiger partial charge in [-0.15, -0.1) is 24.2 Å². The zero-order valence-corrected chi connectivity index (χ0v) is 9.81. The first-order valence-electron chi connectivity index (χ1n) is 4.40. The van der Waals surface area contributed by atoms with Gasteiger partial charge in [-0.05, 0) is 18.2 Å². The quantitative estimate of drug-likeness (QED) is 0.747. The van der Waals surface area contributed by atoms with E-state index in [0.29, 0.717) is 5.25 Å². The Kier molecular flexibility index (Phi) is 3.88. The normalized spacial score (nSPS) is 19.5. The molecule has 1 unspecified atom stereocenters. The molecule has 1 aliphatic rings. The Labute approximate surface area is 98.6 Å². The van der Waals surface area contributed by atoms with Crippen LogP contribution < -0.4 is 0 Å². The van der Waals surface area contributed by atoms with Crippen molar-refractivity contribution >= 4 is 29.2 Å². The van der Waals surface area contributed by atoms with Gasteiger partial charge in [0.25, 0.3) is 0 Å². The van der Waals surface area contributed by atoms with E-state index in [-0.39, 0.29) is 23.9 Å². The number of aliphatic imine (C=N–C) groups is 1. The van der Waals surface area contributed by atoms with Crippen molar-refractivity contribution in [3.8, 4) is 11.5 Å². The summed E-state index contributed by atoms with van der Waals surface area (Å²) in [6, 6.07) is 4.79. The summed E-state index contributed by atoms with van der Waals surface area (Å²) in [5.41, 5.74) is 0.870. The molecule has 0 bridgehead atoms. The number of phenolic OH excluding ortho intramolecular Hbond substituents is 2. The Balaban J connectivity index is 0.00000112. The first-order chi connectivity index (χ1) is 6.66. The molecular weight excluding hydrogens is 234 g/mol. The number of halogens is 1. The minimum absolute atomic E-state index is 0. The van der Waals surface area contributed by atoms with Gasteiger partial charge in [-0.25, -0.2) is 0 Å². The molecule has 1 heterocycles. The van der Waals surface area contributed by atoms with Crippen molar-refractivity contribution in [2.75, 3.05) is 6.54 Å². The van der Waals surface area contributed by atoms with Crippen LogP contribution in [0.25, 0.3) is 0 Å². The highest BCUT2D eigenvalue weighted by molar-refractivity contribution is 8.15. The number of aromatic hydroxyl groups is 2. The summed E-state index contributed by atoms with van der Waals surface area (Å²) in [5.74, 6) is -0.184. The molecule has 82 valence electrons. The van der Waals surface area contributed by atoms with Crippen LogP contribution in [-0.2, 0) is 0 Å². The molecular formula is C10H12ClNO2S. The standard InChI is InChI=1S/C10H11NO2S.ClH/c1-6-5-11-10(14-6)7-2-3-8(12)9(13)4-7;/h2-4,6,12-13H,5H2,1H3;1H. The fraction of sp³-hybridized carbons (Fsp3) is 0.300. The second-order valence-electron chi connectivity index (χ2n) is 3.28. The van der Waals surface area contributed by atoms with E-state index < -0.39 is 0 Å². The predicted molar refractivity (Wildman–Crippen MR) is 65.5 cm³/mol. The summed E-state index contributed by atoms with van der Waals surface area (Å²) in [7, 11) is 0. The average molecular weight is 246 g/mol. The van der Waals surface area contributed by atoms with Crippen LogP contribution in [0, 0.1) is 0 Å². The van der Waals surface area contributed by atoms with Gasteiger partial charge in [-0.2, -0.15) is 0 Å². The van der Waals surface area contributed by atoms with Crippen LogP contribution in [0.2, 0.25) is 0 Å². The van der Waals surface area contributed by atoms with Crippen LogP contribution in [0.1, 0.15) is 12.5 Å². The number of nitrogens with zero attached hydrogens (tertiary/aromatic N) is 1. The lowest BCUT2D eigenvalue weighted by Gasteiger charge is -2.03. The van der Waals surface area contributed by atoms with Gasteiger partial charge in [0.05, 0.1) is 11.6 Å². The molecule has 1 aliphatic heterocycles. The fourth-order valence-corrected chi connectivity index (χ4v) is 2.23. The SMILES string of the molecule is CC1CN=C(c2ccc(O)c(O)c2)S1.Cl. The first kappa shape index (κ1) is 12.2. The van der Waals surface area contributed by atoms with Crippen LogP contribution in [0.4, 0.5) is 0 Å². The topological polar surface area (TPSA) is 52.8 Å². The Morgan fingerprint density at radius 2 is 2.07 bits per heavy atom. The van der Waals surface area contributed by atoms with E-state index in [9.17, 15) is 5.11 Å². The van der Waals surface area contributed by atoms with Crippen molar-refractivity contribution < 1.29 is 10.2 Å². The van der Waals surface area contributed by atoms with Gasteiger partial charge in [0.2, 0.25) is 0 Å². The van der Waals surface area contributed by atoms with Crippen LogP contribution in [0.5, 0.6) is 11.5 Å². The molecule has 0 saturated heterocycles. The van der Waals surface area contributed by atoms with E-state index in [2.05, 4.69) is 11.9 Å². The average Bonchev–Trinajstić information content (AvgIpc) is 2.57. The Morgan fingerprint density at radius 1 is 1.33 bits per heavy atom. The summed E-state index contributed by atoms with van der Waals surface area (Å²) >= 11 is 1.69. The fourth-order valence-electron chi connectivity index (χ4n) is 1.29. The van der Waals surface area contributed by atoms with Gasteiger partial charge in [-0.3, -0.25) is 4.99 Å². The van der Waals surface area contributed by atoms with Crippen molar-refractivity contribution in [3.05, 3.63) is 23.8 Å². The second-order valence-corrected chi connectivity index (χ2v) is 4.70. The van der Waals surface area contributed by atoms with Gasteiger partial charge in [0.15, 0.2) is 11.5 Å².